The van der Waals surface area contributed by atoms with Crippen LogP contribution in [0.5, 0.6) is 0 Å². The lowest BCUT2D eigenvalue weighted by molar-refractivity contribution is -0.119. The van der Waals surface area contributed by atoms with Crippen molar-refractivity contribution < 1.29 is 4.79 Å². The Labute approximate surface area is 73.5 Å². The second kappa shape index (κ2) is 4.05. The first-order valence-corrected chi connectivity index (χ1v) is 4.23. The Morgan fingerprint density at radius 3 is 3.00 bits per heavy atom. The van der Waals surface area contributed by atoms with Gasteiger partial charge in [-0.15, -0.1) is 10.2 Å². The van der Waals surface area contributed by atoms with E-state index in [-0.39, 0.29) is 11.3 Å². The number of aromatic amines is 1. The molecule has 12 heavy (non-hydrogen) atoms. The van der Waals surface area contributed by atoms with E-state index in [2.05, 4.69) is 25.9 Å². The predicted molar refractivity (Wildman–Crippen MR) is 43.3 cm³/mol. The molecule has 1 aromatic heterocycles. The predicted octanol–water partition coefficient (Wildman–Crippen LogP) is -0.226. The van der Waals surface area contributed by atoms with E-state index in [0.717, 1.165) is 0 Å². The van der Waals surface area contributed by atoms with Gasteiger partial charge in [-0.05, 0) is 12.1 Å². The number of amides is 1. The topological polar surface area (TPSA) is 83.6 Å². The Kier molecular flexibility index (Phi) is 3.03. The van der Waals surface area contributed by atoms with Crippen LogP contribution in [0.3, 0.4) is 0 Å². The van der Waals surface area contributed by atoms with Gasteiger partial charge in [0.15, 0.2) is 0 Å². The summed E-state index contributed by atoms with van der Waals surface area (Å²) in [4.78, 5) is 10.6. The van der Waals surface area contributed by atoms with Crippen molar-refractivity contribution in [2.75, 3.05) is 0 Å². The summed E-state index contributed by atoms with van der Waals surface area (Å²) >= 11 is 1.33. The Hall–Kier alpha value is -1.11. The van der Waals surface area contributed by atoms with Crippen molar-refractivity contribution >= 4 is 17.7 Å². The molecule has 1 heterocycles. The molecule has 1 rings (SSSR count). The smallest absolute Gasteiger partial charge is 0.232 e. The van der Waals surface area contributed by atoms with Gasteiger partial charge < -0.3 is 5.32 Å². The first kappa shape index (κ1) is 8.98. The van der Waals surface area contributed by atoms with E-state index >= 15 is 0 Å². The summed E-state index contributed by atoms with van der Waals surface area (Å²) in [7, 11) is 0. The van der Waals surface area contributed by atoms with Crippen molar-refractivity contribution in [1.29, 1.82) is 0 Å². The minimum absolute atomic E-state index is 0.0416. The molecule has 0 spiro atoms. The Morgan fingerprint density at radius 1 is 1.75 bits per heavy atom. The van der Waals surface area contributed by atoms with Crippen molar-refractivity contribution in [3.8, 4) is 0 Å². The Bertz CT molecular complexity index is 248. The molecule has 1 amide bonds. The van der Waals surface area contributed by atoms with Gasteiger partial charge in [0.1, 0.15) is 0 Å². The number of rotatable bonds is 3. The number of carbonyl (C=O) groups excluding carboxylic acids is 1. The number of aromatic nitrogens is 4. The van der Waals surface area contributed by atoms with E-state index < -0.39 is 0 Å². The Morgan fingerprint density at radius 2 is 2.50 bits per heavy atom. The molecule has 0 aliphatic heterocycles. The molecule has 0 aromatic carbocycles. The zero-order valence-electron chi connectivity index (χ0n) is 6.74. The molecule has 0 aliphatic carbocycles. The van der Waals surface area contributed by atoms with E-state index in [9.17, 15) is 4.79 Å². The number of nitrogens with one attached hydrogen (secondary N) is 2. The third-order valence-corrected chi connectivity index (χ3v) is 1.87. The van der Waals surface area contributed by atoms with Gasteiger partial charge in [-0.25, -0.2) is 0 Å². The van der Waals surface area contributed by atoms with Gasteiger partial charge in [-0.3, -0.25) is 4.79 Å². The Balaban J connectivity index is 2.36. The molecule has 0 radical (unpaired) electrons. The van der Waals surface area contributed by atoms with Crippen LogP contribution in [0.4, 0.5) is 0 Å². The number of carbonyl (C=O) groups is 1. The molecule has 1 aromatic rings. The summed E-state index contributed by atoms with van der Waals surface area (Å²) in [6, 6.07) is 0. The van der Waals surface area contributed by atoms with Crippen LogP contribution >= 0.6 is 11.8 Å². The molecular weight excluding hydrogens is 178 g/mol. The number of thioether (sulfide) groups is 1. The van der Waals surface area contributed by atoms with Crippen molar-refractivity contribution in [2.24, 2.45) is 0 Å². The molecular formula is C5H9N5OS. The van der Waals surface area contributed by atoms with Crippen molar-refractivity contribution in [2.45, 2.75) is 24.4 Å². The number of tetrazole rings is 1. The minimum atomic E-state index is -0.0708. The lowest BCUT2D eigenvalue weighted by atomic mass is 10.6. The van der Waals surface area contributed by atoms with Crippen LogP contribution in [-0.2, 0) is 4.79 Å². The van der Waals surface area contributed by atoms with Gasteiger partial charge in [-0.2, -0.15) is 5.21 Å². The van der Waals surface area contributed by atoms with Gasteiger partial charge in [0.05, 0.1) is 5.37 Å². The summed E-state index contributed by atoms with van der Waals surface area (Å²) in [6.07, 6.45) is 0. The fourth-order valence-corrected chi connectivity index (χ4v) is 1.40. The maximum Gasteiger partial charge on any atom is 0.232 e. The van der Waals surface area contributed by atoms with Gasteiger partial charge in [0.2, 0.25) is 11.1 Å². The summed E-state index contributed by atoms with van der Waals surface area (Å²) in [6.45, 7) is 3.32. The van der Waals surface area contributed by atoms with Crippen molar-refractivity contribution in [3.63, 3.8) is 0 Å². The molecule has 1 unspecified atom stereocenters. The average Bonchev–Trinajstić information content (AvgIpc) is 2.37. The SMILES string of the molecule is CC(=O)NC(C)Sc1nn[nH]n1. The third kappa shape index (κ3) is 2.87. The highest BCUT2D eigenvalue weighted by Gasteiger charge is 2.07. The quantitative estimate of drug-likeness (QED) is 0.504. The average molecular weight is 187 g/mol. The first-order chi connectivity index (χ1) is 5.68. The van der Waals surface area contributed by atoms with Crippen LogP contribution in [0.25, 0.3) is 0 Å². The van der Waals surface area contributed by atoms with Gasteiger partial charge in [0, 0.05) is 6.92 Å². The highest BCUT2D eigenvalue weighted by Crippen LogP contribution is 2.14. The lowest BCUT2D eigenvalue weighted by Gasteiger charge is -2.07. The van der Waals surface area contributed by atoms with E-state index in [0.29, 0.717) is 5.16 Å². The molecule has 0 saturated heterocycles. The fourth-order valence-electron chi connectivity index (χ4n) is 0.676. The number of hydrogen-bond donors (Lipinski definition) is 2. The molecule has 7 heteroatoms. The highest BCUT2D eigenvalue weighted by molar-refractivity contribution is 7.99. The summed E-state index contributed by atoms with van der Waals surface area (Å²) in [5.41, 5.74) is 0. The minimum Gasteiger partial charge on any atom is -0.344 e. The fraction of sp³-hybridized carbons (Fsp3) is 0.600. The molecule has 6 nitrogen and oxygen atoms in total. The van der Waals surface area contributed by atoms with E-state index in [1.807, 2.05) is 6.92 Å². The second-order valence-corrected chi connectivity index (χ2v) is 3.46. The standard InChI is InChI=1S/C5H9N5OS/c1-3(11)6-4(2)12-5-7-9-10-8-5/h4H,1-2H3,(H,6,11)(H,7,8,9,10). The van der Waals surface area contributed by atoms with Crippen LogP contribution in [-0.4, -0.2) is 31.9 Å². The molecule has 66 valence electrons. The summed E-state index contributed by atoms with van der Waals surface area (Å²) in [5, 5.41) is 16.3. The van der Waals surface area contributed by atoms with Gasteiger partial charge in [0.25, 0.3) is 0 Å². The van der Waals surface area contributed by atoms with Crippen LogP contribution in [0.15, 0.2) is 5.16 Å². The molecule has 0 aliphatic rings. The normalized spacial score (nSPS) is 12.5. The van der Waals surface area contributed by atoms with Gasteiger partial charge in [-0.1, -0.05) is 11.8 Å². The second-order valence-electron chi connectivity index (χ2n) is 2.15. The van der Waals surface area contributed by atoms with E-state index in [4.69, 9.17) is 0 Å². The number of nitrogens with zero attached hydrogens (tertiary/aromatic N) is 3. The van der Waals surface area contributed by atoms with Crippen LogP contribution in [0.1, 0.15) is 13.8 Å². The molecule has 0 bridgehead atoms. The maximum atomic E-state index is 10.6. The largest absolute Gasteiger partial charge is 0.344 e. The number of H-pyrrole nitrogens is 1. The molecule has 2 N–H and O–H groups in total. The van der Waals surface area contributed by atoms with Crippen LogP contribution < -0.4 is 5.32 Å². The molecule has 0 saturated carbocycles. The summed E-state index contributed by atoms with van der Waals surface area (Å²) in [5.74, 6) is -0.0708. The van der Waals surface area contributed by atoms with Crippen molar-refractivity contribution in [3.05, 3.63) is 0 Å². The van der Waals surface area contributed by atoms with Crippen LogP contribution in [0.2, 0.25) is 0 Å². The summed E-state index contributed by atoms with van der Waals surface area (Å²) < 4.78 is 0. The van der Waals surface area contributed by atoms with Crippen LogP contribution in [0, 0.1) is 0 Å². The van der Waals surface area contributed by atoms with E-state index in [1.54, 1.807) is 0 Å². The third-order valence-electron chi connectivity index (χ3n) is 1.01. The van der Waals surface area contributed by atoms with E-state index in [1.165, 1.54) is 18.7 Å². The maximum absolute atomic E-state index is 10.6. The monoisotopic (exact) mass is 187 g/mol. The van der Waals surface area contributed by atoms with Crippen molar-refractivity contribution in [1.82, 2.24) is 25.9 Å². The first-order valence-electron chi connectivity index (χ1n) is 3.35. The van der Waals surface area contributed by atoms with Gasteiger partial charge >= 0.3 is 0 Å². The molecule has 1 atom stereocenters. The lowest BCUT2D eigenvalue weighted by Crippen LogP contribution is -2.27. The number of hydrogen-bond acceptors (Lipinski definition) is 5. The zero-order valence-corrected chi connectivity index (χ0v) is 7.55. The molecule has 0 fully saturated rings. The highest BCUT2D eigenvalue weighted by atomic mass is 32.2. The zero-order chi connectivity index (χ0) is 8.97.